The van der Waals surface area contributed by atoms with Crippen LogP contribution in [0.25, 0.3) is 0 Å². The van der Waals surface area contributed by atoms with E-state index in [1.165, 1.54) is 12.8 Å². The van der Waals surface area contributed by atoms with E-state index in [-0.39, 0.29) is 5.78 Å². The van der Waals surface area contributed by atoms with Crippen LogP contribution in [0.3, 0.4) is 0 Å². The predicted octanol–water partition coefficient (Wildman–Crippen LogP) is 2.31. The molecule has 8 heteroatoms. The summed E-state index contributed by atoms with van der Waals surface area (Å²) in [4.78, 5) is 29.9. The molecule has 4 heterocycles. The Morgan fingerprint density at radius 3 is 2.50 bits per heavy atom. The Hall–Kier alpha value is -3.02. The molecule has 32 heavy (non-hydrogen) atoms. The Labute approximate surface area is 189 Å². The van der Waals surface area contributed by atoms with E-state index < -0.39 is 0 Å². The fraction of sp³-hybridized carbons (Fsp3) is 0.500. The van der Waals surface area contributed by atoms with Crippen LogP contribution in [0.4, 0.5) is 17.3 Å². The lowest BCUT2D eigenvalue weighted by Gasteiger charge is -2.37. The summed E-state index contributed by atoms with van der Waals surface area (Å²) in [5.41, 5.74) is 2.36. The highest BCUT2D eigenvalue weighted by molar-refractivity contribution is 5.84. The summed E-state index contributed by atoms with van der Waals surface area (Å²) in [5.74, 6) is 3.84. The predicted molar refractivity (Wildman–Crippen MR) is 126 cm³/mol. The molecule has 0 aromatic carbocycles. The Bertz CT molecular complexity index is 984. The van der Waals surface area contributed by atoms with Crippen molar-refractivity contribution in [3.63, 3.8) is 0 Å². The molecule has 168 valence electrons. The van der Waals surface area contributed by atoms with Gasteiger partial charge in [0.25, 0.3) is 0 Å². The molecular weight excluding hydrogens is 402 g/mol. The molecule has 2 aliphatic heterocycles. The maximum Gasteiger partial charge on any atom is 0.151 e. The number of terminal acetylenes is 1. The van der Waals surface area contributed by atoms with Crippen molar-refractivity contribution in [2.75, 3.05) is 38.3 Å². The quantitative estimate of drug-likeness (QED) is 0.614. The molecule has 0 saturated carbocycles. The van der Waals surface area contributed by atoms with E-state index in [9.17, 15) is 4.79 Å². The fourth-order valence-corrected chi connectivity index (χ4v) is 4.80. The molecule has 0 radical (unpaired) electrons. The molecule has 0 spiro atoms. The number of hydrogen-bond donors (Lipinski definition) is 2. The SMILES string of the molecule is C#Cc1cnc(Nc2cc(NC3CC4CCC(C3)N4C)c(CC(=O)CN(C)C)cn2)cn1. The third-order valence-electron chi connectivity index (χ3n) is 6.38. The summed E-state index contributed by atoms with van der Waals surface area (Å²) < 4.78 is 0. The average Bonchev–Trinajstić information content (AvgIpc) is 2.96. The molecule has 2 atom stereocenters. The number of pyridine rings is 1. The topological polar surface area (TPSA) is 86.3 Å². The smallest absolute Gasteiger partial charge is 0.151 e. The van der Waals surface area contributed by atoms with Gasteiger partial charge in [-0.05, 0) is 52.7 Å². The van der Waals surface area contributed by atoms with E-state index in [2.05, 4.69) is 43.5 Å². The maximum atomic E-state index is 12.5. The highest BCUT2D eigenvalue weighted by atomic mass is 16.1. The molecule has 2 aromatic heterocycles. The van der Waals surface area contributed by atoms with Crippen LogP contribution in [0, 0.1) is 12.3 Å². The van der Waals surface area contributed by atoms with Crippen molar-refractivity contribution in [1.82, 2.24) is 24.8 Å². The van der Waals surface area contributed by atoms with Crippen molar-refractivity contribution in [2.24, 2.45) is 0 Å². The third kappa shape index (κ3) is 5.23. The van der Waals surface area contributed by atoms with Crippen molar-refractivity contribution < 1.29 is 4.79 Å². The van der Waals surface area contributed by atoms with Crippen LogP contribution in [0.1, 0.15) is 36.9 Å². The van der Waals surface area contributed by atoms with Gasteiger partial charge >= 0.3 is 0 Å². The van der Waals surface area contributed by atoms with Crippen LogP contribution in [-0.4, -0.2) is 76.3 Å². The summed E-state index contributed by atoms with van der Waals surface area (Å²) in [5, 5.41) is 6.93. The maximum absolute atomic E-state index is 12.5. The molecule has 2 aromatic rings. The summed E-state index contributed by atoms with van der Waals surface area (Å²) in [6, 6.07) is 3.62. The van der Waals surface area contributed by atoms with Gasteiger partial charge < -0.3 is 20.4 Å². The minimum Gasteiger partial charge on any atom is -0.382 e. The Kier molecular flexibility index (Phi) is 6.68. The van der Waals surface area contributed by atoms with Gasteiger partial charge in [-0.2, -0.15) is 0 Å². The molecule has 8 nitrogen and oxygen atoms in total. The number of hydrogen-bond acceptors (Lipinski definition) is 8. The number of carbonyl (C=O) groups is 1. The Balaban J connectivity index is 1.54. The number of fused-ring (bicyclic) bond motifs is 2. The van der Waals surface area contributed by atoms with Crippen molar-refractivity contribution >= 4 is 23.1 Å². The zero-order valence-corrected chi connectivity index (χ0v) is 19.0. The number of Topliss-reactive ketones (excluding diaryl/α,β-unsaturated/α-hetero) is 1. The molecule has 2 saturated heterocycles. The van der Waals surface area contributed by atoms with Gasteiger partial charge in [-0.15, -0.1) is 6.42 Å². The number of aromatic nitrogens is 3. The van der Waals surface area contributed by atoms with Gasteiger partial charge in [0, 0.05) is 48.1 Å². The van der Waals surface area contributed by atoms with Crippen LogP contribution in [-0.2, 0) is 11.2 Å². The molecule has 4 rings (SSSR count). The second-order valence-electron chi connectivity index (χ2n) is 9.10. The summed E-state index contributed by atoms with van der Waals surface area (Å²) in [7, 11) is 6.05. The van der Waals surface area contributed by atoms with Crippen molar-refractivity contribution in [3.05, 3.63) is 35.9 Å². The largest absolute Gasteiger partial charge is 0.382 e. The first kappa shape index (κ1) is 22.2. The van der Waals surface area contributed by atoms with Gasteiger partial charge in [0.2, 0.25) is 0 Å². The molecule has 2 fully saturated rings. The number of rotatable bonds is 8. The van der Waals surface area contributed by atoms with Gasteiger partial charge in [-0.25, -0.2) is 15.0 Å². The molecule has 2 aliphatic rings. The molecule has 0 aliphatic carbocycles. The van der Waals surface area contributed by atoms with Crippen molar-refractivity contribution in [3.8, 4) is 12.3 Å². The molecule has 2 N–H and O–H groups in total. The van der Waals surface area contributed by atoms with Crippen LogP contribution in [0.2, 0.25) is 0 Å². The molecular formula is C24H31N7O. The first-order chi connectivity index (χ1) is 15.4. The number of anilines is 3. The zero-order chi connectivity index (χ0) is 22.7. The molecule has 2 bridgehead atoms. The number of nitrogens with one attached hydrogen (secondary N) is 2. The second-order valence-corrected chi connectivity index (χ2v) is 9.10. The summed E-state index contributed by atoms with van der Waals surface area (Å²) in [6.45, 7) is 0.412. The van der Waals surface area contributed by atoms with Gasteiger partial charge in [-0.1, -0.05) is 0 Å². The van der Waals surface area contributed by atoms with E-state index in [1.807, 2.05) is 25.1 Å². The lowest BCUT2D eigenvalue weighted by molar-refractivity contribution is -0.119. The van der Waals surface area contributed by atoms with Gasteiger partial charge in [0.05, 0.1) is 18.9 Å². The van der Waals surface area contributed by atoms with E-state index in [4.69, 9.17) is 6.42 Å². The second kappa shape index (κ2) is 9.63. The monoisotopic (exact) mass is 433 g/mol. The van der Waals surface area contributed by atoms with Gasteiger partial charge in [0.15, 0.2) is 5.78 Å². The standard InChI is InChI=1S/C24H31N7O/c1-5-17-13-27-24(14-25-17)29-23-11-22(16(12-26-23)8-21(32)15-30(2)3)28-18-9-19-6-7-20(10-18)31(19)4/h1,11-14,18-20H,6-10,15H2,2-4H3,(H2,26,27,28,29). The summed E-state index contributed by atoms with van der Waals surface area (Å²) >= 11 is 0. The average molecular weight is 434 g/mol. The number of nitrogens with zero attached hydrogens (tertiary/aromatic N) is 5. The highest BCUT2D eigenvalue weighted by Gasteiger charge is 2.38. The van der Waals surface area contributed by atoms with Crippen LogP contribution < -0.4 is 10.6 Å². The van der Waals surface area contributed by atoms with E-state index in [0.29, 0.717) is 48.4 Å². The Morgan fingerprint density at radius 2 is 1.88 bits per heavy atom. The van der Waals surface area contributed by atoms with E-state index in [1.54, 1.807) is 18.6 Å². The highest BCUT2D eigenvalue weighted by Crippen LogP contribution is 2.36. The number of likely N-dealkylation sites (N-methyl/N-ethyl adjacent to an activating group) is 1. The fourth-order valence-electron chi connectivity index (χ4n) is 4.80. The Morgan fingerprint density at radius 1 is 1.16 bits per heavy atom. The van der Waals surface area contributed by atoms with Crippen LogP contribution in [0.15, 0.2) is 24.7 Å². The van der Waals surface area contributed by atoms with E-state index in [0.717, 1.165) is 24.1 Å². The van der Waals surface area contributed by atoms with Crippen molar-refractivity contribution in [2.45, 2.75) is 50.2 Å². The minimum atomic E-state index is 0.166. The van der Waals surface area contributed by atoms with E-state index >= 15 is 0 Å². The third-order valence-corrected chi connectivity index (χ3v) is 6.38. The first-order valence-corrected chi connectivity index (χ1v) is 11.1. The number of ketones is 1. The minimum absolute atomic E-state index is 0.166. The zero-order valence-electron chi connectivity index (χ0n) is 19.0. The lowest BCUT2D eigenvalue weighted by Crippen LogP contribution is -2.44. The van der Waals surface area contributed by atoms with Gasteiger partial charge in [0.1, 0.15) is 17.3 Å². The molecule has 2 unspecified atom stereocenters. The number of carbonyl (C=O) groups excluding carboxylic acids is 1. The summed E-state index contributed by atoms with van der Waals surface area (Å²) in [6.07, 6.45) is 15.4. The molecule has 0 amide bonds. The number of piperidine rings is 1. The lowest BCUT2D eigenvalue weighted by atomic mass is 9.97. The van der Waals surface area contributed by atoms with Crippen molar-refractivity contribution in [1.29, 1.82) is 0 Å². The first-order valence-electron chi connectivity index (χ1n) is 11.1. The van der Waals surface area contributed by atoms with Crippen LogP contribution >= 0.6 is 0 Å². The van der Waals surface area contributed by atoms with Gasteiger partial charge in [-0.3, -0.25) is 4.79 Å². The van der Waals surface area contributed by atoms with Crippen LogP contribution in [0.5, 0.6) is 0 Å². The normalized spacial score (nSPS) is 22.5.